The Morgan fingerprint density at radius 1 is 0.906 bits per heavy atom. The van der Waals surface area contributed by atoms with Gasteiger partial charge in [0.25, 0.3) is 10.1 Å². The average molecular weight is 449 g/mol. The molecule has 0 aliphatic heterocycles. The maximum absolute atomic E-state index is 12.4. The molecule has 0 heterocycles. The fraction of sp³-hybridized carbons (Fsp3) is 0.192. The summed E-state index contributed by atoms with van der Waals surface area (Å²) in [5, 5.41) is 8.78. The highest BCUT2D eigenvalue weighted by atomic mass is 32.2. The van der Waals surface area contributed by atoms with Gasteiger partial charge in [-0.05, 0) is 61.2 Å². The molecule has 0 amide bonds. The first-order chi connectivity index (χ1) is 15.3. The summed E-state index contributed by atoms with van der Waals surface area (Å²) in [6.45, 7) is 1.91. The molecule has 0 saturated carbocycles. The van der Waals surface area contributed by atoms with E-state index in [0.717, 1.165) is 27.8 Å². The van der Waals surface area contributed by atoms with Crippen LogP contribution in [0.3, 0.4) is 0 Å². The number of rotatable bonds is 8. The Bertz CT molecular complexity index is 1230. The van der Waals surface area contributed by atoms with Gasteiger partial charge in [0.1, 0.15) is 0 Å². The van der Waals surface area contributed by atoms with E-state index in [1.165, 1.54) is 12.1 Å². The second-order valence-corrected chi connectivity index (χ2v) is 8.95. The minimum atomic E-state index is -3.80. The van der Waals surface area contributed by atoms with E-state index in [1.807, 2.05) is 55.5 Å². The van der Waals surface area contributed by atoms with Crippen molar-refractivity contribution >= 4 is 16.1 Å². The van der Waals surface area contributed by atoms with Crippen molar-refractivity contribution in [3.05, 3.63) is 101 Å². The zero-order valence-corrected chi connectivity index (χ0v) is 18.6. The van der Waals surface area contributed by atoms with Crippen LogP contribution in [0.5, 0.6) is 0 Å². The van der Waals surface area contributed by atoms with Crippen molar-refractivity contribution < 1.29 is 22.5 Å². The molecule has 32 heavy (non-hydrogen) atoms. The van der Waals surface area contributed by atoms with Crippen molar-refractivity contribution in [1.82, 2.24) is 0 Å². The smallest absolute Gasteiger partial charge is 0.303 e. The molecule has 0 saturated heterocycles. The maximum atomic E-state index is 12.4. The van der Waals surface area contributed by atoms with Crippen LogP contribution in [0.1, 0.15) is 34.2 Å². The first-order valence-electron chi connectivity index (χ1n) is 10.2. The third kappa shape index (κ3) is 6.81. The third-order valence-corrected chi connectivity index (χ3v) is 6.19. The van der Waals surface area contributed by atoms with Crippen LogP contribution < -0.4 is 0 Å². The minimum absolute atomic E-state index is 0.0210. The van der Waals surface area contributed by atoms with Gasteiger partial charge in [0.2, 0.25) is 0 Å². The summed E-state index contributed by atoms with van der Waals surface area (Å²) in [5.74, 6) is 5.42. The molecule has 0 aromatic heterocycles. The topological polar surface area (TPSA) is 80.7 Å². The highest BCUT2D eigenvalue weighted by Crippen LogP contribution is 2.15. The highest BCUT2D eigenvalue weighted by molar-refractivity contribution is 7.86. The first-order valence-corrected chi connectivity index (χ1v) is 11.6. The van der Waals surface area contributed by atoms with Crippen molar-refractivity contribution in [1.29, 1.82) is 0 Å². The fourth-order valence-electron chi connectivity index (χ4n) is 3.04. The molecule has 0 unspecified atom stereocenters. The van der Waals surface area contributed by atoms with Crippen molar-refractivity contribution in [2.75, 3.05) is 6.61 Å². The van der Waals surface area contributed by atoms with Gasteiger partial charge in [0.05, 0.1) is 11.5 Å². The summed E-state index contributed by atoms with van der Waals surface area (Å²) in [6, 6.07) is 21.6. The van der Waals surface area contributed by atoms with Crippen LogP contribution >= 0.6 is 0 Å². The molecule has 0 aliphatic carbocycles. The molecule has 0 aliphatic rings. The maximum Gasteiger partial charge on any atom is 0.303 e. The van der Waals surface area contributed by atoms with E-state index in [0.29, 0.717) is 12.8 Å². The number of aryl methyl sites for hydroxylation is 2. The van der Waals surface area contributed by atoms with E-state index in [1.54, 1.807) is 12.1 Å². The molecule has 1 N–H and O–H groups in total. The lowest BCUT2D eigenvalue weighted by atomic mass is 10.0. The Morgan fingerprint density at radius 2 is 1.59 bits per heavy atom. The predicted octanol–water partition coefficient (Wildman–Crippen LogP) is 4.36. The molecule has 0 radical (unpaired) electrons. The number of hydrogen-bond acceptors (Lipinski definition) is 4. The van der Waals surface area contributed by atoms with Gasteiger partial charge in [-0.3, -0.25) is 8.98 Å². The number of benzene rings is 3. The Kier molecular flexibility index (Phi) is 7.82. The quantitative estimate of drug-likeness (QED) is 0.409. The zero-order chi connectivity index (χ0) is 23.0. The third-order valence-electron chi connectivity index (χ3n) is 4.86. The first kappa shape index (κ1) is 23.3. The second-order valence-electron chi connectivity index (χ2n) is 7.34. The molecule has 0 fully saturated rings. The van der Waals surface area contributed by atoms with Crippen LogP contribution in [0, 0.1) is 18.8 Å². The Labute approximate surface area is 188 Å². The summed E-state index contributed by atoms with van der Waals surface area (Å²) >= 11 is 0. The molecule has 0 spiro atoms. The van der Waals surface area contributed by atoms with Gasteiger partial charge >= 0.3 is 5.97 Å². The van der Waals surface area contributed by atoms with Crippen molar-refractivity contribution in [3.63, 3.8) is 0 Å². The van der Waals surface area contributed by atoms with Crippen molar-refractivity contribution in [3.8, 4) is 11.8 Å². The Morgan fingerprint density at radius 3 is 2.28 bits per heavy atom. The summed E-state index contributed by atoms with van der Waals surface area (Å²) in [6.07, 6.45) is 0.988. The van der Waals surface area contributed by atoms with Crippen molar-refractivity contribution in [2.45, 2.75) is 31.1 Å². The zero-order valence-electron chi connectivity index (χ0n) is 17.7. The number of carboxylic acid groups (broad SMARTS) is 1. The minimum Gasteiger partial charge on any atom is -0.481 e. The molecular weight excluding hydrogens is 424 g/mol. The molecule has 3 aromatic carbocycles. The molecule has 6 heteroatoms. The lowest BCUT2D eigenvalue weighted by molar-refractivity contribution is -0.136. The summed E-state index contributed by atoms with van der Waals surface area (Å²) in [7, 11) is -3.80. The van der Waals surface area contributed by atoms with Gasteiger partial charge in [-0.2, -0.15) is 8.42 Å². The van der Waals surface area contributed by atoms with Crippen LogP contribution in [0.15, 0.2) is 77.7 Å². The van der Waals surface area contributed by atoms with Crippen LogP contribution in [0.4, 0.5) is 0 Å². The fourth-order valence-corrected chi connectivity index (χ4v) is 3.95. The summed E-state index contributed by atoms with van der Waals surface area (Å²) in [4.78, 5) is 10.8. The summed E-state index contributed by atoms with van der Waals surface area (Å²) < 4.78 is 29.9. The van der Waals surface area contributed by atoms with E-state index in [4.69, 9.17) is 9.29 Å². The van der Waals surface area contributed by atoms with E-state index < -0.39 is 16.1 Å². The largest absolute Gasteiger partial charge is 0.481 e. The van der Waals surface area contributed by atoms with Gasteiger partial charge in [-0.15, -0.1) is 0 Å². The number of aliphatic carboxylic acids is 1. The lowest BCUT2D eigenvalue weighted by Crippen LogP contribution is -2.09. The normalized spacial score (nSPS) is 10.9. The second kappa shape index (κ2) is 10.8. The molecule has 3 rings (SSSR count). The van der Waals surface area contributed by atoms with E-state index in [2.05, 4.69) is 11.8 Å². The number of carboxylic acids is 1. The predicted molar refractivity (Wildman–Crippen MR) is 123 cm³/mol. The van der Waals surface area contributed by atoms with Crippen LogP contribution in [-0.4, -0.2) is 26.1 Å². The standard InChI is InChI=1S/C26H24O5S/c1-20-6-15-25(16-7-20)32(29,30)31-19-18-24-5-3-2-4-23(24)14-12-21-8-10-22(11-9-21)13-17-26(27)28/h2-11,15-16H,13,17-19H2,1H3,(H,27,28). The number of hydrogen-bond donors (Lipinski definition) is 1. The molecule has 164 valence electrons. The molecule has 0 atom stereocenters. The van der Waals surface area contributed by atoms with Crippen molar-refractivity contribution in [2.24, 2.45) is 0 Å². The van der Waals surface area contributed by atoms with Gasteiger partial charge in [0, 0.05) is 17.5 Å². The van der Waals surface area contributed by atoms with Gasteiger partial charge in [0.15, 0.2) is 0 Å². The van der Waals surface area contributed by atoms with E-state index in [-0.39, 0.29) is 17.9 Å². The van der Waals surface area contributed by atoms with Gasteiger partial charge in [-0.25, -0.2) is 0 Å². The lowest BCUT2D eigenvalue weighted by Gasteiger charge is -2.07. The van der Waals surface area contributed by atoms with Crippen LogP contribution in [0.2, 0.25) is 0 Å². The molecule has 3 aromatic rings. The van der Waals surface area contributed by atoms with Crippen LogP contribution in [-0.2, 0) is 31.9 Å². The average Bonchev–Trinajstić information content (AvgIpc) is 2.78. The van der Waals surface area contributed by atoms with E-state index >= 15 is 0 Å². The molecule has 5 nitrogen and oxygen atoms in total. The molecule has 0 bridgehead atoms. The van der Waals surface area contributed by atoms with Gasteiger partial charge in [-0.1, -0.05) is 59.9 Å². The van der Waals surface area contributed by atoms with E-state index in [9.17, 15) is 13.2 Å². The van der Waals surface area contributed by atoms with Crippen LogP contribution in [0.25, 0.3) is 0 Å². The van der Waals surface area contributed by atoms with Gasteiger partial charge < -0.3 is 5.11 Å². The monoisotopic (exact) mass is 448 g/mol. The SMILES string of the molecule is Cc1ccc(S(=O)(=O)OCCc2ccccc2C#Cc2ccc(CCC(=O)O)cc2)cc1. The summed E-state index contributed by atoms with van der Waals surface area (Å²) in [5.41, 5.74) is 4.45. The Balaban J connectivity index is 1.64. The molecular formula is C26H24O5S. The number of carbonyl (C=O) groups is 1. The highest BCUT2D eigenvalue weighted by Gasteiger charge is 2.14. The Hall–Kier alpha value is -3.40.